The number of nitrogens with zero attached hydrogens (tertiary/aromatic N) is 4. The number of fused-ring (bicyclic) bond motifs is 6. The van der Waals surface area contributed by atoms with E-state index in [4.69, 9.17) is 9.97 Å². The number of benzene rings is 9. The summed E-state index contributed by atoms with van der Waals surface area (Å²) in [5.74, 6) is 0.695. The van der Waals surface area contributed by atoms with Gasteiger partial charge in [-0.2, -0.15) is 0 Å². The summed E-state index contributed by atoms with van der Waals surface area (Å²) >= 11 is 0. The summed E-state index contributed by atoms with van der Waals surface area (Å²) in [6.45, 7) is 0. The van der Waals surface area contributed by atoms with E-state index in [0.717, 1.165) is 56.1 Å². The van der Waals surface area contributed by atoms with Crippen molar-refractivity contribution < 1.29 is 0 Å². The highest BCUT2D eigenvalue weighted by atomic mass is 15.0. The van der Waals surface area contributed by atoms with Gasteiger partial charge in [0.2, 0.25) is 0 Å². The maximum absolute atomic E-state index is 5.12. The van der Waals surface area contributed by atoms with Crippen molar-refractivity contribution >= 4 is 43.6 Å². The van der Waals surface area contributed by atoms with Crippen LogP contribution < -0.4 is 0 Å². The van der Waals surface area contributed by atoms with Crippen LogP contribution in [0.3, 0.4) is 0 Å². The molecule has 0 saturated heterocycles. The van der Waals surface area contributed by atoms with E-state index in [0.29, 0.717) is 5.82 Å². The fourth-order valence-electron chi connectivity index (χ4n) is 9.21. The van der Waals surface area contributed by atoms with Crippen molar-refractivity contribution in [2.45, 2.75) is 0 Å². The molecule has 0 saturated carbocycles. The molecule has 0 N–H and O–H groups in total. The summed E-state index contributed by atoms with van der Waals surface area (Å²) in [5, 5.41) is 4.97. The largest absolute Gasteiger partial charge is 0.309 e. The Morgan fingerprint density at radius 3 is 1.16 bits per heavy atom. The lowest BCUT2D eigenvalue weighted by molar-refractivity contribution is 1.18. The Hall–Kier alpha value is -8.34. The molecule has 12 rings (SSSR count). The molecule has 0 aliphatic carbocycles. The SMILES string of the molecule is c1ccc(-c2cc(-c3ccccc3)nc(-c3cccc(-c4cccc(-n5c6ccccc6c6ccc(-c7cccc(-n8c9ccccc9c9ccccc98)c7)cc65)c4)c3)n2)cc1. The Morgan fingerprint density at radius 1 is 0.242 bits per heavy atom. The first kappa shape index (κ1) is 35.6. The molecule has 0 bridgehead atoms. The van der Waals surface area contributed by atoms with Crippen LogP contribution in [0, 0.1) is 0 Å². The highest BCUT2D eigenvalue weighted by Gasteiger charge is 2.17. The molecule has 9 aromatic carbocycles. The number of rotatable bonds is 7. The van der Waals surface area contributed by atoms with Crippen molar-refractivity contribution in [1.29, 1.82) is 0 Å². The van der Waals surface area contributed by atoms with Crippen LogP contribution in [0.5, 0.6) is 0 Å². The molecule has 4 nitrogen and oxygen atoms in total. The molecule has 3 aromatic heterocycles. The van der Waals surface area contributed by atoms with Gasteiger partial charge < -0.3 is 9.13 Å². The lowest BCUT2D eigenvalue weighted by Crippen LogP contribution is -1.96. The summed E-state index contributed by atoms with van der Waals surface area (Å²) in [6.07, 6.45) is 0. The van der Waals surface area contributed by atoms with Crippen LogP contribution in [0.25, 0.3) is 111 Å². The summed E-state index contributed by atoms with van der Waals surface area (Å²) in [5.41, 5.74) is 16.4. The van der Waals surface area contributed by atoms with E-state index in [1.54, 1.807) is 0 Å². The van der Waals surface area contributed by atoms with Crippen LogP contribution in [-0.4, -0.2) is 19.1 Å². The third-order valence-electron chi connectivity index (χ3n) is 12.1. The third kappa shape index (κ3) is 6.08. The molecule has 0 unspecified atom stereocenters. The predicted molar refractivity (Wildman–Crippen MR) is 258 cm³/mol. The second kappa shape index (κ2) is 14.7. The fourth-order valence-corrected chi connectivity index (χ4v) is 9.21. The van der Waals surface area contributed by atoms with Gasteiger partial charge in [-0.25, -0.2) is 9.97 Å². The van der Waals surface area contributed by atoms with E-state index in [2.05, 4.69) is 228 Å². The molecule has 0 fully saturated rings. The zero-order chi connectivity index (χ0) is 41.0. The molecule has 0 spiro atoms. The highest BCUT2D eigenvalue weighted by Crippen LogP contribution is 2.38. The standard InChI is InChI=1S/C58H38N4/c1-3-16-39(17-4-1)52-38-53(40-18-5-2-6-19-40)60-58(59-52)45-23-13-20-41(34-45)42-21-14-25-47(35-42)62-56-31-12-9-28-50(56)51-33-32-44(37-57(51)62)43-22-15-24-46(36-43)61-54-29-10-7-26-48(54)49-27-8-11-30-55(49)61/h1-38H. The quantitative estimate of drug-likeness (QED) is 0.161. The molecule has 0 amide bonds. The minimum absolute atomic E-state index is 0.695. The first-order valence-corrected chi connectivity index (χ1v) is 21.1. The summed E-state index contributed by atoms with van der Waals surface area (Å²) in [4.78, 5) is 10.2. The Kier molecular flexibility index (Phi) is 8.46. The Bertz CT molecular complexity index is 3520. The van der Waals surface area contributed by atoms with Crippen molar-refractivity contribution in [3.8, 4) is 67.5 Å². The number of hydrogen-bond acceptors (Lipinski definition) is 2. The van der Waals surface area contributed by atoms with Gasteiger partial charge >= 0.3 is 0 Å². The Labute approximate surface area is 359 Å². The molecular weight excluding hydrogens is 753 g/mol. The molecule has 0 radical (unpaired) electrons. The molecule has 4 heteroatoms. The summed E-state index contributed by atoms with van der Waals surface area (Å²) in [7, 11) is 0. The number of aromatic nitrogens is 4. The average molecular weight is 791 g/mol. The maximum atomic E-state index is 5.12. The van der Waals surface area contributed by atoms with Crippen LogP contribution in [0.2, 0.25) is 0 Å². The fraction of sp³-hybridized carbons (Fsp3) is 0. The average Bonchev–Trinajstić information content (AvgIpc) is 3.87. The zero-order valence-corrected chi connectivity index (χ0v) is 33.7. The van der Waals surface area contributed by atoms with Crippen LogP contribution in [0.4, 0.5) is 0 Å². The smallest absolute Gasteiger partial charge is 0.160 e. The first-order chi connectivity index (χ1) is 30.7. The predicted octanol–water partition coefficient (Wildman–Crippen LogP) is 15.0. The lowest BCUT2D eigenvalue weighted by Gasteiger charge is -2.13. The molecular formula is C58H38N4. The lowest BCUT2D eigenvalue weighted by atomic mass is 10.0. The van der Waals surface area contributed by atoms with E-state index in [1.165, 1.54) is 49.2 Å². The second-order valence-corrected chi connectivity index (χ2v) is 15.8. The molecule has 62 heavy (non-hydrogen) atoms. The third-order valence-corrected chi connectivity index (χ3v) is 12.1. The monoisotopic (exact) mass is 790 g/mol. The molecule has 3 heterocycles. The van der Waals surface area contributed by atoms with Gasteiger partial charge in [-0.05, 0) is 82.9 Å². The van der Waals surface area contributed by atoms with Gasteiger partial charge in [0, 0.05) is 49.6 Å². The van der Waals surface area contributed by atoms with Gasteiger partial charge in [-0.3, -0.25) is 0 Å². The highest BCUT2D eigenvalue weighted by molar-refractivity contribution is 6.11. The van der Waals surface area contributed by atoms with Gasteiger partial charge in [-0.15, -0.1) is 0 Å². The van der Waals surface area contributed by atoms with Crippen molar-refractivity contribution in [2.24, 2.45) is 0 Å². The van der Waals surface area contributed by atoms with E-state index in [1.807, 2.05) is 12.1 Å². The van der Waals surface area contributed by atoms with Gasteiger partial charge in [0.1, 0.15) is 0 Å². The Balaban J connectivity index is 0.961. The maximum Gasteiger partial charge on any atom is 0.160 e. The van der Waals surface area contributed by atoms with Gasteiger partial charge in [0.15, 0.2) is 5.82 Å². The van der Waals surface area contributed by atoms with Crippen LogP contribution in [0.1, 0.15) is 0 Å². The van der Waals surface area contributed by atoms with Gasteiger partial charge in [-0.1, -0.05) is 170 Å². The molecule has 0 aliphatic heterocycles. The summed E-state index contributed by atoms with van der Waals surface area (Å²) < 4.78 is 4.80. The zero-order valence-electron chi connectivity index (χ0n) is 33.7. The summed E-state index contributed by atoms with van der Waals surface area (Å²) in [6, 6.07) is 82.2. The van der Waals surface area contributed by atoms with Gasteiger partial charge in [0.25, 0.3) is 0 Å². The Morgan fingerprint density at radius 2 is 0.629 bits per heavy atom. The van der Waals surface area contributed by atoms with E-state index in [9.17, 15) is 0 Å². The van der Waals surface area contributed by atoms with Crippen molar-refractivity contribution in [1.82, 2.24) is 19.1 Å². The van der Waals surface area contributed by atoms with Crippen molar-refractivity contribution in [2.75, 3.05) is 0 Å². The topological polar surface area (TPSA) is 35.6 Å². The van der Waals surface area contributed by atoms with E-state index >= 15 is 0 Å². The van der Waals surface area contributed by atoms with Gasteiger partial charge in [0.05, 0.1) is 33.5 Å². The number of para-hydroxylation sites is 3. The van der Waals surface area contributed by atoms with Crippen LogP contribution in [0.15, 0.2) is 231 Å². The minimum atomic E-state index is 0.695. The molecule has 0 atom stereocenters. The van der Waals surface area contributed by atoms with Crippen molar-refractivity contribution in [3.05, 3.63) is 231 Å². The number of hydrogen-bond donors (Lipinski definition) is 0. The van der Waals surface area contributed by atoms with E-state index < -0.39 is 0 Å². The second-order valence-electron chi connectivity index (χ2n) is 15.8. The van der Waals surface area contributed by atoms with E-state index in [-0.39, 0.29) is 0 Å². The molecule has 12 aromatic rings. The normalized spacial score (nSPS) is 11.5. The minimum Gasteiger partial charge on any atom is -0.309 e. The molecule has 0 aliphatic rings. The molecule has 290 valence electrons. The van der Waals surface area contributed by atoms with Crippen molar-refractivity contribution in [3.63, 3.8) is 0 Å². The van der Waals surface area contributed by atoms with Crippen LogP contribution in [-0.2, 0) is 0 Å². The van der Waals surface area contributed by atoms with Crippen LogP contribution >= 0.6 is 0 Å². The first-order valence-electron chi connectivity index (χ1n) is 21.1.